The number of hydrogen-bond donors (Lipinski definition) is 1. The molecule has 0 saturated carbocycles. The van der Waals surface area contributed by atoms with Crippen LogP contribution in [0.2, 0.25) is 10.0 Å². The predicted molar refractivity (Wildman–Crippen MR) is 162 cm³/mol. The molecule has 1 fully saturated rings. The molecule has 4 amide bonds. The first kappa shape index (κ1) is 30.4. The Kier molecular flexibility index (Phi) is 10.3. The van der Waals surface area contributed by atoms with Gasteiger partial charge in [0.2, 0.25) is 0 Å². The minimum atomic E-state index is -0.836. The number of nitrogens with zero attached hydrogens (tertiary/aromatic N) is 1. The van der Waals surface area contributed by atoms with Gasteiger partial charge in [-0.2, -0.15) is 0 Å². The van der Waals surface area contributed by atoms with Gasteiger partial charge in [-0.15, -0.1) is 0 Å². The third-order valence-electron chi connectivity index (χ3n) is 5.99. The van der Waals surface area contributed by atoms with Gasteiger partial charge in [0, 0.05) is 15.6 Å². The van der Waals surface area contributed by atoms with Crippen molar-refractivity contribution in [3.8, 4) is 17.2 Å². The SMILES string of the molecule is CCCCOc1ccc(N2C(=O)NC(=O)/C(=C/c3cc(Br)c(OCc4ccc(Cl)cc4Cl)c(OCC)c3)C2=O)cc1. The zero-order chi connectivity index (χ0) is 29.5. The number of halogens is 3. The summed E-state index contributed by atoms with van der Waals surface area (Å²) in [6, 6.07) is 14.1. The van der Waals surface area contributed by atoms with E-state index in [1.165, 1.54) is 6.08 Å². The van der Waals surface area contributed by atoms with E-state index in [2.05, 4.69) is 28.2 Å². The highest BCUT2D eigenvalue weighted by Gasteiger charge is 2.37. The topological polar surface area (TPSA) is 94.2 Å². The van der Waals surface area contributed by atoms with E-state index in [0.29, 0.717) is 56.2 Å². The Labute approximate surface area is 256 Å². The highest BCUT2D eigenvalue weighted by molar-refractivity contribution is 9.10. The molecule has 214 valence electrons. The van der Waals surface area contributed by atoms with Gasteiger partial charge >= 0.3 is 6.03 Å². The van der Waals surface area contributed by atoms with Crippen molar-refractivity contribution in [2.75, 3.05) is 18.1 Å². The van der Waals surface area contributed by atoms with Gasteiger partial charge < -0.3 is 14.2 Å². The fourth-order valence-electron chi connectivity index (χ4n) is 3.95. The smallest absolute Gasteiger partial charge is 0.335 e. The monoisotopic (exact) mass is 660 g/mol. The molecule has 8 nitrogen and oxygen atoms in total. The van der Waals surface area contributed by atoms with Crippen LogP contribution in [0, 0.1) is 0 Å². The van der Waals surface area contributed by atoms with Gasteiger partial charge in [0.1, 0.15) is 17.9 Å². The highest BCUT2D eigenvalue weighted by atomic mass is 79.9. The average molecular weight is 662 g/mol. The lowest BCUT2D eigenvalue weighted by Crippen LogP contribution is -2.54. The zero-order valence-corrected chi connectivity index (χ0v) is 25.4. The first-order chi connectivity index (χ1) is 19.7. The number of nitrogens with one attached hydrogen (secondary N) is 1. The number of anilines is 1. The lowest BCUT2D eigenvalue weighted by atomic mass is 10.1. The molecule has 1 heterocycles. The lowest BCUT2D eigenvalue weighted by Gasteiger charge is -2.26. The third kappa shape index (κ3) is 7.41. The van der Waals surface area contributed by atoms with Crippen molar-refractivity contribution >= 4 is 68.7 Å². The number of imide groups is 2. The lowest BCUT2D eigenvalue weighted by molar-refractivity contribution is -0.122. The van der Waals surface area contributed by atoms with Crippen molar-refractivity contribution in [2.45, 2.75) is 33.3 Å². The molecular formula is C30H27BrCl2N2O6. The molecular weight excluding hydrogens is 635 g/mol. The first-order valence-corrected chi connectivity index (χ1v) is 14.4. The summed E-state index contributed by atoms with van der Waals surface area (Å²) in [6.45, 7) is 4.94. The zero-order valence-electron chi connectivity index (χ0n) is 22.3. The molecule has 1 saturated heterocycles. The fourth-order valence-corrected chi connectivity index (χ4v) is 4.98. The second kappa shape index (κ2) is 13.9. The summed E-state index contributed by atoms with van der Waals surface area (Å²) in [7, 11) is 0. The molecule has 0 unspecified atom stereocenters. The van der Waals surface area contributed by atoms with Crippen LogP contribution in [0.15, 0.2) is 64.6 Å². The first-order valence-electron chi connectivity index (χ1n) is 12.9. The molecule has 0 spiro atoms. The van der Waals surface area contributed by atoms with Crippen molar-refractivity contribution in [1.29, 1.82) is 0 Å². The van der Waals surface area contributed by atoms with Crippen molar-refractivity contribution < 1.29 is 28.6 Å². The van der Waals surface area contributed by atoms with E-state index < -0.39 is 17.8 Å². The van der Waals surface area contributed by atoms with Gasteiger partial charge in [-0.1, -0.05) is 42.6 Å². The number of hydrogen-bond acceptors (Lipinski definition) is 6. The Hall–Kier alpha value is -3.53. The standard InChI is InChI=1S/C30H27BrCl2N2O6/c1-3-5-12-40-22-10-8-21(9-11-22)35-29(37)23(28(36)34-30(35)38)13-18-14-24(31)27(26(15-18)39-4-2)41-17-19-6-7-20(32)16-25(19)33/h6-11,13-16H,3-5,12,17H2,1-2H3,(H,34,36,38)/b23-13-. The molecule has 0 bridgehead atoms. The van der Waals surface area contributed by atoms with Gasteiger partial charge in [0.15, 0.2) is 11.5 Å². The molecule has 0 atom stereocenters. The van der Waals surface area contributed by atoms with Crippen LogP contribution in [0.25, 0.3) is 6.08 Å². The predicted octanol–water partition coefficient (Wildman–Crippen LogP) is 7.58. The van der Waals surface area contributed by atoms with E-state index in [4.69, 9.17) is 37.4 Å². The van der Waals surface area contributed by atoms with E-state index in [1.807, 2.05) is 6.92 Å². The number of benzene rings is 3. The van der Waals surface area contributed by atoms with Gasteiger partial charge in [0.05, 0.1) is 23.4 Å². The minimum absolute atomic E-state index is 0.148. The number of ether oxygens (including phenoxy) is 3. The van der Waals surface area contributed by atoms with Crippen LogP contribution in [0.5, 0.6) is 17.2 Å². The summed E-state index contributed by atoms with van der Waals surface area (Å²) in [5, 5.41) is 3.22. The molecule has 3 aromatic carbocycles. The van der Waals surface area contributed by atoms with E-state index >= 15 is 0 Å². The van der Waals surface area contributed by atoms with Crippen LogP contribution in [-0.4, -0.2) is 31.1 Å². The quantitative estimate of drug-likeness (QED) is 0.129. The summed E-state index contributed by atoms with van der Waals surface area (Å²) >= 11 is 15.8. The van der Waals surface area contributed by atoms with Crippen molar-refractivity contribution in [3.05, 3.63) is 85.8 Å². The molecule has 3 aromatic rings. The number of urea groups is 1. The van der Waals surface area contributed by atoms with Crippen LogP contribution < -0.4 is 24.4 Å². The Morgan fingerprint density at radius 1 is 0.951 bits per heavy atom. The Morgan fingerprint density at radius 2 is 1.71 bits per heavy atom. The molecule has 0 aromatic heterocycles. The van der Waals surface area contributed by atoms with Crippen molar-refractivity contribution in [3.63, 3.8) is 0 Å². The summed E-state index contributed by atoms with van der Waals surface area (Å²) in [5.74, 6) is -0.146. The molecule has 1 N–H and O–H groups in total. The Bertz CT molecular complexity index is 1490. The van der Waals surface area contributed by atoms with Gasteiger partial charge in [-0.3, -0.25) is 14.9 Å². The van der Waals surface area contributed by atoms with Crippen molar-refractivity contribution in [2.24, 2.45) is 0 Å². The van der Waals surface area contributed by atoms with Crippen LogP contribution in [0.3, 0.4) is 0 Å². The highest BCUT2D eigenvalue weighted by Crippen LogP contribution is 2.39. The summed E-state index contributed by atoms with van der Waals surface area (Å²) in [6.07, 6.45) is 3.31. The molecule has 1 aliphatic rings. The number of unbranched alkanes of at least 4 members (excludes halogenated alkanes) is 1. The summed E-state index contributed by atoms with van der Waals surface area (Å²) in [5.41, 5.74) is 1.29. The average Bonchev–Trinajstić information content (AvgIpc) is 2.92. The third-order valence-corrected chi connectivity index (χ3v) is 7.17. The Morgan fingerprint density at radius 3 is 2.39 bits per heavy atom. The van der Waals surface area contributed by atoms with Crippen LogP contribution in [-0.2, 0) is 16.2 Å². The summed E-state index contributed by atoms with van der Waals surface area (Å²) < 4.78 is 18.0. The van der Waals surface area contributed by atoms with Gasteiger partial charge in [0.25, 0.3) is 11.8 Å². The molecule has 0 radical (unpaired) electrons. The van der Waals surface area contributed by atoms with Crippen molar-refractivity contribution in [1.82, 2.24) is 5.32 Å². The molecule has 1 aliphatic heterocycles. The van der Waals surface area contributed by atoms with E-state index in [-0.39, 0.29) is 12.2 Å². The number of rotatable bonds is 11. The number of amides is 4. The van der Waals surface area contributed by atoms with Gasteiger partial charge in [-0.05, 0) is 89.4 Å². The Balaban J connectivity index is 1.59. The molecule has 11 heteroatoms. The maximum atomic E-state index is 13.4. The fraction of sp³-hybridized carbons (Fsp3) is 0.233. The maximum absolute atomic E-state index is 13.4. The van der Waals surface area contributed by atoms with Crippen LogP contribution in [0.4, 0.5) is 10.5 Å². The minimum Gasteiger partial charge on any atom is -0.494 e. The van der Waals surface area contributed by atoms with Crippen LogP contribution >= 0.6 is 39.1 Å². The van der Waals surface area contributed by atoms with Crippen LogP contribution in [0.1, 0.15) is 37.8 Å². The number of carbonyl (C=O) groups excluding carboxylic acids is 3. The second-order valence-corrected chi connectivity index (χ2v) is 10.6. The molecule has 4 rings (SSSR count). The normalized spacial score (nSPS) is 14.3. The largest absolute Gasteiger partial charge is 0.494 e. The number of carbonyl (C=O) groups is 3. The van der Waals surface area contributed by atoms with E-state index in [9.17, 15) is 14.4 Å². The molecule has 41 heavy (non-hydrogen) atoms. The van der Waals surface area contributed by atoms with Gasteiger partial charge in [-0.25, -0.2) is 9.69 Å². The number of barbiturate groups is 1. The van der Waals surface area contributed by atoms with E-state index in [1.54, 1.807) is 54.6 Å². The van der Waals surface area contributed by atoms with E-state index in [0.717, 1.165) is 23.3 Å². The molecule has 0 aliphatic carbocycles. The maximum Gasteiger partial charge on any atom is 0.335 e. The summed E-state index contributed by atoms with van der Waals surface area (Å²) in [4.78, 5) is 39.6. The second-order valence-electron chi connectivity index (χ2n) is 8.94.